The van der Waals surface area contributed by atoms with Crippen LogP contribution < -0.4 is 11.3 Å². The van der Waals surface area contributed by atoms with Crippen LogP contribution in [0, 0.1) is 5.92 Å². The average molecular weight is 202 g/mol. The molecule has 14 heavy (non-hydrogen) atoms. The van der Waals surface area contributed by atoms with Crippen LogP contribution in [0.5, 0.6) is 0 Å². The zero-order chi connectivity index (χ0) is 11.0. The van der Waals surface area contributed by atoms with Crippen molar-refractivity contribution < 1.29 is 4.74 Å². The Morgan fingerprint density at radius 3 is 2.36 bits per heavy atom. The van der Waals surface area contributed by atoms with Crippen molar-refractivity contribution in [2.45, 2.75) is 58.6 Å². The van der Waals surface area contributed by atoms with Gasteiger partial charge in [-0.25, -0.2) is 0 Å². The van der Waals surface area contributed by atoms with Crippen molar-refractivity contribution in [3.8, 4) is 0 Å². The number of methoxy groups -OCH3 is 1. The molecule has 0 aliphatic heterocycles. The van der Waals surface area contributed by atoms with E-state index < -0.39 is 0 Å². The van der Waals surface area contributed by atoms with Gasteiger partial charge in [-0.15, -0.1) is 0 Å². The van der Waals surface area contributed by atoms with Crippen molar-refractivity contribution in [2.75, 3.05) is 7.11 Å². The van der Waals surface area contributed by atoms with E-state index in [9.17, 15) is 0 Å². The van der Waals surface area contributed by atoms with Crippen LogP contribution in [-0.2, 0) is 4.74 Å². The lowest BCUT2D eigenvalue weighted by molar-refractivity contribution is 0.0531. The van der Waals surface area contributed by atoms with Gasteiger partial charge in [0.25, 0.3) is 0 Å². The maximum atomic E-state index is 5.55. The summed E-state index contributed by atoms with van der Waals surface area (Å²) < 4.78 is 5.45. The minimum Gasteiger partial charge on any atom is -0.380 e. The molecule has 86 valence electrons. The normalized spacial score (nSPS) is 17.8. The van der Waals surface area contributed by atoms with Crippen molar-refractivity contribution in [1.29, 1.82) is 0 Å². The average Bonchev–Trinajstić information content (AvgIpc) is 2.22. The third-order valence-corrected chi connectivity index (χ3v) is 2.89. The number of nitrogens with one attached hydrogen (secondary N) is 1. The molecule has 0 fully saturated rings. The van der Waals surface area contributed by atoms with Crippen LogP contribution in [0.25, 0.3) is 0 Å². The van der Waals surface area contributed by atoms with E-state index >= 15 is 0 Å². The molecule has 0 aliphatic rings. The van der Waals surface area contributed by atoms with Gasteiger partial charge in [0.2, 0.25) is 0 Å². The number of hydrazine groups is 1. The van der Waals surface area contributed by atoms with Gasteiger partial charge in [0.1, 0.15) is 0 Å². The van der Waals surface area contributed by atoms with Gasteiger partial charge in [-0.3, -0.25) is 11.3 Å². The highest BCUT2D eigenvalue weighted by Gasteiger charge is 2.20. The third kappa shape index (κ3) is 4.94. The fourth-order valence-corrected chi connectivity index (χ4v) is 1.70. The quantitative estimate of drug-likeness (QED) is 0.468. The number of hydrogen-bond acceptors (Lipinski definition) is 3. The molecule has 0 saturated heterocycles. The molecule has 3 unspecified atom stereocenters. The summed E-state index contributed by atoms with van der Waals surface area (Å²) in [5.74, 6) is 6.25. The van der Waals surface area contributed by atoms with Crippen molar-refractivity contribution in [3.05, 3.63) is 0 Å². The second kappa shape index (κ2) is 8.21. The first-order valence-electron chi connectivity index (χ1n) is 5.68. The van der Waals surface area contributed by atoms with Gasteiger partial charge in [0.15, 0.2) is 0 Å². The minimum absolute atomic E-state index is 0.249. The maximum absolute atomic E-state index is 5.55. The molecule has 0 radical (unpaired) electrons. The van der Waals surface area contributed by atoms with Gasteiger partial charge in [-0.2, -0.15) is 0 Å². The van der Waals surface area contributed by atoms with Gasteiger partial charge >= 0.3 is 0 Å². The van der Waals surface area contributed by atoms with E-state index in [2.05, 4.69) is 26.2 Å². The number of nitrogens with two attached hydrogens (primary N) is 1. The molecule has 3 N–H and O–H groups in total. The molecular formula is C11H26N2O. The third-order valence-electron chi connectivity index (χ3n) is 2.89. The van der Waals surface area contributed by atoms with E-state index in [0.29, 0.717) is 5.92 Å². The molecule has 0 aromatic rings. The second-order valence-corrected chi connectivity index (χ2v) is 4.09. The van der Waals surface area contributed by atoms with Crippen molar-refractivity contribution >= 4 is 0 Å². The summed E-state index contributed by atoms with van der Waals surface area (Å²) in [5, 5.41) is 0. The number of ether oxygens (including phenoxy) is 1. The molecular weight excluding hydrogens is 176 g/mol. The Hall–Kier alpha value is -0.120. The number of hydrogen-bond donors (Lipinski definition) is 2. The summed E-state index contributed by atoms with van der Waals surface area (Å²) in [6.07, 6.45) is 4.74. The monoisotopic (exact) mass is 202 g/mol. The standard InChI is InChI=1S/C11H26N2O/c1-5-7-11(14-4)10(13-12)8-9(3)6-2/h9-11,13H,5-8,12H2,1-4H3. The van der Waals surface area contributed by atoms with Crippen LogP contribution in [0.4, 0.5) is 0 Å². The van der Waals surface area contributed by atoms with Gasteiger partial charge < -0.3 is 4.74 Å². The molecule has 0 spiro atoms. The van der Waals surface area contributed by atoms with Crippen molar-refractivity contribution in [3.63, 3.8) is 0 Å². The van der Waals surface area contributed by atoms with Crippen LogP contribution in [0.2, 0.25) is 0 Å². The zero-order valence-electron chi connectivity index (χ0n) is 10.0. The highest BCUT2D eigenvalue weighted by molar-refractivity contribution is 4.76. The lowest BCUT2D eigenvalue weighted by Gasteiger charge is -2.27. The van der Waals surface area contributed by atoms with E-state index in [0.717, 1.165) is 19.3 Å². The van der Waals surface area contributed by atoms with Crippen LogP contribution in [0.15, 0.2) is 0 Å². The lowest BCUT2D eigenvalue weighted by atomic mass is 9.94. The Morgan fingerprint density at radius 1 is 1.36 bits per heavy atom. The van der Waals surface area contributed by atoms with E-state index in [1.165, 1.54) is 6.42 Å². The predicted molar refractivity (Wildman–Crippen MR) is 60.9 cm³/mol. The van der Waals surface area contributed by atoms with E-state index in [1.54, 1.807) is 7.11 Å². The fourth-order valence-electron chi connectivity index (χ4n) is 1.70. The summed E-state index contributed by atoms with van der Waals surface area (Å²) in [4.78, 5) is 0. The van der Waals surface area contributed by atoms with Crippen LogP contribution >= 0.6 is 0 Å². The van der Waals surface area contributed by atoms with Gasteiger partial charge in [-0.1, -0.05) is 33.6 Å². The minimum atomic E-state index is 0.249. The predicted octanol–water partition coefficient (Wildman–Crippen LogP) is 2.07. The largest absolute Gasteiger partial charge is 0.380 e. The fraction of sp³-hybridized carbons (Fsp3) is 1.00. The Kier molecular flexibility index (Phi) is 8.14. The summed E-state index contributed by atoms with van der Waals surface area (Å²) in [7, 11) is 1.77. The molecule has 0 bridgehead atoms. The Bertz CT molecular complexity index is 130. The first-order valence-corrected chi connectivity index (χ1v) is 5.68. The van der Waals surface area contributed by atoms with E-state index in [-0.39, 0.29) is 12.1 Å². The molecule has 0 heterocycles. The first-order chi connectivity index (χ1) is 6.69. The lowest BCUT2D eigenvalue weighted by Crippen LogP contribution is -2.45. The van der Waals surface area contributed by atoms with Gasteiger partial charge in [0, 0.05) is 13.2 Å². The molecule has 0 saturated carbocycles. The molecule has 3 atom stereocenters. The Labute approximate surface area is 88.4 Å². The molecule has 3 nitrogen and oxygen atoms in total. The summed E-state index contributed by atoms with van der Waals surface area (Å²) in [5.41, 5.74) is 2.88. The first kappa shape index (κ1) is 13.9. The topological polar surface area (TPSA) is 47.3 Å². The molecule has 0 aliphatic carbocycles. The molecule has 0 aromatic heterocycles. The van der Waals surface area contributed by atoms with Crippen molar-refractivity contribution in [2.24, 2.45) is 11.8 Å². The second-order valence-electron chi connectivity index (χ2n) is 4.09. The molecule has 3 heteroatoms. The zero-order valence-corrected chi connectivity index (χ0v) is 10.0. The maximum Gasteiger partial charge on any atom is 0.0737 e. The smallest absolute Gasteiger partial charge is 0.0737 e. The van der Waals surface area contributed by atoms with E-state index in [4.69, 9.17) is 10.6 Å². The number of rotatable bonds is 8. The SMILES string of the molecule is CCCC(OC)C(CC(C)CC)NN. The molecule has 0 aromatic carbocycles. The molecule has 0 amide bonds. The van der Waals surface area contributed by atoms with Crippen LogP contribution in [0.1, 0.15) is 46.5 Å². The van der Waals surface area contributed by atoms with Gasteiger partial charge in [-0.05, 0) is 18.8 Å². The van der Waals surface area contributed by atoms with Crippen LogP contribution in [-0.4, -0.2) is 19.3 Å². The van der Waals surface area contributed by atoms with Crippen molar-refractivity contribution in [1.82, 2.24) is 5.43 Å². The van der Waals surface area contributed by atoms with E-state index in [1.807, 2.05) is 0 Å². The Morgan fingerprint density at radius 2 is 2.00 bits per heavy atom. The summed E-state index contributed by atoms with van der Waals surface area (Å²) >= 11 is 0. The van der Waals surface area contributed by atoms with Crippen LogP contribution in [0.3, 0.4) is 0 Å². The van der Waals surface area contributed by atoms with Gasteiger partial charge in [0.05, 0.1) is 6.10 Å². The summed E-state index contributed by atoms with van der Waals surface area (Å²) in [6.45, 7) is 6.63. The Balaban J connectivity index is 4.06. The highest BCUT2D eigenvalue weighted by atomic mass is 16.5. The highest BCUT2D eigenvalue weighted by Crippen LogP contribution is 2.16. The summed E-state index contributed by atoms with van der Waals surface area (Å²) in [6, 6.07) is 0.287. The molecule has 0 rings (SSSR count).